The molecule has 1 aromatic heterocycles. The van der Waals surface area contributed by atoms with Crippen LogP contribution in [0.2, 0.25) is 0 Å². The molecular weight excluding hydrogens is 238 g/mol. The fraction of sp³-hybridized carbons (Fsp3) is 0.600. The van der Waals surface area contributed by atoms with Crippen LogP contribution in [-0.2, 0) is 4.79 Å². The van der Waals surface area contributed by atoms with Crippen molar-refractivity contribution in [2.24, 2.45) is 5.92 Å². The molecule has 1 amide bonds. The molecule has 0 bridgehead atoms. The predicted molar refractivity (Wildman–Crippen MR) is 75.6 cm³/mol. The molecule has 1 aliphatic heterocycles. The Labute approximate surface area is 115 Å². The Balaban J connectivity index is 2.02. The van der Waals surface area contributed by atoms with Gasteiger partial charge in [-0.3, -0.25) is 9.78 Å². The van der Waals surface area contributed by atoms with Crippen molar-refractivity contribution in [3.8, 4) is 0 Å². The lowest BCUT2D eigenvalue weighted by molar-refractivity contribution is -0.135. The summed E-state index contributed by atoms with van der Waals surface area (Å²) in [4.78, 5) is 18.4. The van der Waals surface area contributed by atoms with Crippen molar-refractivity contribution in [1.29, 1.82) is 0 Å². The van der Waals surface area contributed by atoms with E-state index in [2.05, 4.69) is 24.1 Å². The number of amides is 1. The highest BCUT2D eigenvalue weighted by Gasteiger charge is 2.29. The second-order valence-electron chi connectivity index (χ2n) is 5.54. The SMILES string of the molecule is CC1CCNC(C(=O)N(C)C(C)c2ccncc2)C1. The highest BCUT2D eigenvalue weighted by atomic mass is 16.2. The molecule has 1 fully saturated rings. The number of aromatic nitrogens is 1. The van der Waals surface area contributed by atoms with E-state index in [4.69, 9.17) is 0 Å². The molecule has 0 saturated carbocycles. The number of nitrogens with one attached hydrogen (secondary N) is 1. The largest absolute Gasteiger partial charge is 0.338 e. The highest BCUT2D eigenvalue weighted by Crippen LogP contribution is 2.22. The summed E-state index contributed by atoms with van der Waals surface area (Å²) < 4.78 is 0. The summed E-state index contributed by atoms with van der Waals surface area (Å²) in [7, 11) is 1.88. The molecule has 1 N–H and O–H groups in total. The number of piperidine rings is 1. The standard InChI is InChI=1S/C15H23N3O/c1-11-4-9-17-14(10-11)15(19)18(3)12(2)13-5-7-16-8-6-13/h5-8,11-12,14,17H,4,9-10H2,1-3H3. The maximum Gasteiger partial charge on any atom is 0.239 e. The second kappa shape index (κ2) is 6.15. The zero-order valence-electron chi connectivity index (χ0n) is 12.0. The Morgan fingerprint density at radius 3 is 2.79 bits per heavy atom. The third-order valence-corrected chi connectivity index (χ3v) is 4.08. The van der Waals surface area contributed by atoms with Crippen LogP contribution in [0.5, 0.6) is 0 Å². The summed E-state index contributed by atoms with van der Waals surface area (Å²) in [6.07, 6.45) is 5.63. The Hall–Kier alpha value is -1.42. The Kier molecular flexibility index (Phi) is 4.53. The smallest absolute Gasteiger partial charge is 0.239 e. The van der Waals surface area contributed by atoms with Gasteiger partial charge in [0.2, 0.25) is 5.91 Å². The molecule has 4 nitrogen and oxygen atoms in total. The molecule has 3 unspecified atom stereocenters. The van der Waals surface area contributed by atoms with Gasteiger partial charge in [0.1, 0.15) is 0 Å². The van der Waals surface area contributed by atoms with Crippen molar-refractivity contribution in [1.82, 2.24) is 15.2 Å². The number of carbonyl (C=O) groups excluding carboxylic acids is 1. The van der Waals surface area contributed by atoms with Gasteiger partial charge < -0.3 is 10.2 Å². The van der Waals surface area contributed by atoms with Crippen LogP contribution < -0.4 is 5.32 Å². The summed E-state index contributed by atoms with van der Waals surface area (Å²) in [6.45, 7) is 5.21. The van der Waals surface area contributed by atoms with Crippen LogP contribution in [0.15, 0.2) is 24.5 Å². The first-order chi connectivity index (χ1) is 9.09. The number of pyridine rings is 1. The van der Waals surface area contributed by atoms with Crippen LogP contribution in [-0.4, -0.2) is 35.4 Å². The molecule has 19 heavy (non-hydrogen) atoms. The van der Waals surface area contributed by atoms with E-state index < -0.39 is 0 Å². The Morgan fingerprint density at radius 2 is 2.16 bits per heavy atom. The number of nitrogens with zero attached hydrogens (tertiary/aromatic N) is 2. The number of likely N-dealkylation sites (N-methyl/N-ethyl adjacent to an activating group) is 1. The lowest BCUT2D eigenvalue weighted by Crippen LogP contribution is -2.49. The fourth-order valence-corrected chi connectivity index (χ4v) is 2.60. The topological polar surface area (TPSA) is 45.2 Å². The molecule has 0 radical (unpaired) electrons. The van der Waals surface area contributed by atoms with Gasteiger partial charge in [0.05, 0.1) is 12.1 Å². The number of carbonyl (C=O) groups is 1. The zero-order valence-corrected chi connectivity index (χ0v) is 12.0. The van der Waals surface area contributed by atoms with Crippen LogP contribution >= 0.6 is 0 Å². The van der Waals surface area contributed by atoms with Crippen molar-refractivity contribution in [3.05, 3.63) is 30.1 Å². The van der Waals surface area contributed by atoms with Gasteiger partial charge in [0, 0.05) is 19.4 Å². The first-order valence-electron chi connectivity index (χ1n) is 6.99. The minimum atomic E-state index is -0.0296. The van der Waals surface area contributed by atoms with Crippen molar-refractivity contribution in [2.75, 3.05) is 13.6 Å². The maximum absolute atomic E-state index is 12.5. The van der Waals surface area contributed by atoms with E-state index in [1.807, 2.05) is 24.1 Å². The van der Waals surface area contributed by atoms with E-state index in [-0.39, 0.29) is 18.0 Å². The van der Waals surface area contributed by atoms with E-state index in [0.717, 1.165) is 24.9 Å². The number of rotatable bonds is 3. The fourth-order valence-electron chi connectivity index (χ4n) is 2.60. The van der Waals surface area contributed by atoms with Gasteiger partial charge in [-0.15, -0.1) is 0 Å². The zero-order chi connectivity index (χ0) is 13.8. The maximum atomic E-state index is 12.5. The molecule has 4 heteroatoms. The van der Waals surface area contributed by atoms with Gasteiger partial charge in [-0.1, -0.05) is 6.92 Å². The van der Waals surface area contributed by atoms with Crippen molar-refractivity contribution < 1.29 is 4.79 Å². The van der Waals surface area contributed by atoms with Crippen molar-refractivity contribution in [3.63, 3.8) is 0 Å². The highest BCUT2D eigenvalue weighted by molar-refractivity contribution is 5.82. The van der Waals surface area contributed by atoms with Gasteiger partial charge >= 0.3 is 0 Å². The monoisotopic (exact) mass is 261 g/mol. The van der Waals surface area contributed by atoms with E-state index in [9.17, 15) is 4.79 Å². The molecule has 1 saturated heterocycles. The normalized spacial score (nSPS) is 24.8. The van der Waals surface area contributed by atoms with Crippen LogP contribution in [0.3, 0.4) is 0 Å². The molecule has 2 rings (SSSR count). The molecular formula is C15H23N3O. The first-order valence-corrected chi connectivity index (χ1v) is 6.99. The first kappa shape index (κ1) is 14.0. The van der Waals surface area contributed by atoms with Crippen LogP contribution in [0.1, 0.15) is 38.3 Å². The minimum Gasteiger partial charge on any atom is -0.338 e. The van der Waals surface area contributed by atoms with E-state index in [1.165, 1.54) is 0 Å². The summed E-state index contributed by atoms with van der Waals surface area (Å²) in [6, 6.07) is 3.98. The lowest BCUT2D eigenvalue weighted by Gasteiger charge is -2.33. The van der Waals surface area contributed by atoms with Crippen LogP contribution in [0, 0.1) is 5.92 Å². The third kappa shape index (κ3) is 3.32. The number of hydrogen-bond acceptors (Lipinski definition) is 3. The number of hydrogen-bond donors (Lipinski definition) is 1. The molecule has 104 valence electrons. The molecule has 1 aromatic rings. The van der Waals surface area contributed by atoms with Crippen LogP contribution in [0.4, 0.5) is 0 Å². The Bertz CT molecular complexity index is 421. The average Bonchev–Trinajstić information content (AvgIpc) is 2.46. The van der Waals surface area contributed by atoms with E-state index in [0.29, 0.717) is 5.92 Å². The Morgan fingerprint density at radius 1 is 1.47 bits per heavy atom. The predicted octanol–water partition coefficient (Wildman–Crippen LogP) is 1.99. The van der Waals surface area contributed by atoms with E-state index >= 15 is 0 Å². The third-order valence-electron chi connectivity index (χ3n) is 4.08. The van der Waals surface area contributed by atoms with Gasteiger partial charge in [-0.25, -0.2) is 0 Å². The molecule has 0 aromatic carbocycles. The average molecular weight is 261 g/mol. The summed E-state index contributed by atoms with van der Waals surface area (Å²) in [5.74, 6) is 0.815. The van der Waals surface area contributed by atoms with Gasteiger partial charge in [0.15, 0.2) is 0 Å². The summed E-state index contributed by atoms with van der Waals surface area (Å²) in [5.41, 5.74) is 1.12. The van der Waals surface area contributed by atoms with Gasteiger partial charge in [-0.05, 0) is 49.9 Å². The van der Waals surface area contributed by atoms with Gasteiger partial charge in [0.25, 0.3) is 0 Å². The second-order valence-corrected chi connectivity index (χ2v) is 5.54. The molecule has 3 atom stereocenters. The van der Waals surface area contributed by atoms with Crippen molar-refractivity contribution >= 4 is 5.91 Å². The van der Waals surface area contributed by atoms with E-state index in [1.54, 1.807) is 12.4 Å². The minimum absolute atomic E-state index is 0.0296. The summed E-state index contributed by atoms with van der Waals surface area (Å²) in [5, 5.41) is 3.33. The lowest BCUT2D eigenvalue weighted by atomic mass is 9.93. The van der Waals surface area contributed by atoms with Gasteiger partial charge in [-0.2, -0.15) is 0 Å². The molecule has 0 spiro atoms. The van der Waals surface area contributed by atoms with Crippen molar-refractivity contribution in [2.45, 2.75) is 38.8 Å². The van der Waals surface area contributed by atoms with Crippen LogP contribution in [0.25, 0.3) is 0 Å². The summed E-state index contributed by atoms with van der Waals surface area (Å²) >= 11 is 0. The molecule has 0 aliphatic carbocycles. The molecule has 1 aliphatic rings. The molecule has 2 heterocycles. The quantitative estimate of drug-likeness (QED) is 0.905.